The zero-order chi connectivity index (χ0) is 10.7. The number of hydrogen-bond acceptors (Lipinski definition) is 2. The first-order valence-electron chi connectivity index (χ1n) is 6.21. The van der Waals surface area contributed by atoms with E-state index in [1.807, 2.05) is 4.90 Å². The monoisotopic (exact) mass is 211 g/mol. The van der Waals surface area contributed by atoms with E-state index in [1.165, 1.54) is 6.42 Å². The van der Waals surface area contributed by atoms with Crippen LogP contribution in [0.5, 0.6) is 0 Å². The number of aliphatic hydroxyl groups excluding tert-OH is 1. The standard InChI is InChI=1S/C12H21NO2/c14-11-6-4-10(5-7-11)9-13-8-2-1-3-12(13)15/h10-11,14H,1-9H2. The molecule has 1 N–H and O–H groups in total. The predicted molar refractivity (Wildman–Crippen MR) is 58.4 cm³/mol. The molecule has 1 aliphatic carbocycles. The quantitative estimate of drug-likeness (QED) is 0.753. The third-order valence-electron chi connectivity index (χ3n) is 3.72. The second-order valence-corrected chi connectivity index (χ2v) is 4.97. The molecule has 0 atom stereocenters. The second-order valence-electron chi connectivity index (χ2n) is 4.97. The highest BCUT2D eigenvalue weighted by Gasteiger charge is 2.24. The van der Waals surface area contributed by atoms with Crippen molar-refractivity contribution in [3.63, 3.8) is 0 Å². The number of piperidine rings is 1. The molecule has 1 saturated heterocycles. The van der Waals surface area contributed by atoms with Crippen molar-refractivity contribution in [2.75, 3.05) is 13.1 Å². The van der Waals surface area contributed by atoms with E-state index < -0.39 is 0 Å². The number of carbonyl (C=O) groups is 1. The van der Waals surface area contributed by atoms with Gasteiger partial charge in [0.15, 0.2) is 0 Å². The van der Waals surface area contributed by atoms with Gasteiger partial charge in [-0.2, -0.15) is 0 Å². The molecule has 15 heavy (non-hydrogen) atoms. The third kappa shape index (κ3) is 2.94. The summed E-state index contributed by atoms with van der Waals surface area (Å²) in [4.78, 5) is 13.6. The second kappa shape index (κ2) is 4.97. The van der Waals surface area contributed by atoms with Gasteiger partial charge in [-0.05, 0) is 44.4 Å². The Morgan fingerprint density at radius 3 is 2.60 bits per heavy atom. The molecule has 86 valence electrons. The first-order chi connectivity index (χ1) is 7.25. The van der Waals surface area contributed by atoms with Crippen molar-refractivity contribution in [1.29, 1.82) is 0 Å². The van der Waals surface area contributed by atoms with E-state index in [0.29, 0.717) is 11.8 Å². The van der Waals surface area contributed by atoms with Crippen LogP contribution >= 0.6 is 0 Å². The molecule has 2 fully saturated rings. The highest BCUT2D eigenvalue weighted by atomic mass is 16.3. The van der Waals surface area contributed by atoms with E-state index in [9.17, 15) is 9.90 Å². The van der Waals surface area contributed by atoms with Gasteiger partial charge in [-0.15, -0.1) is 0 Å². The Hall–Kier alpha value is -0.570. The molecule has 2 rings (SSSR count). The summed E-state index contributed by atoms with van der Waals surface area (Å²) >= 11 is 0. The van der Waals surface area contributed by atoms with Crippen LogP contribution in [-0.4, -0.2) is 35.1 Å². The lowest BCUT2D eigenvalue weighted by Gasteiger charge is -2.33. The number of aliphatic hydroxyl groups is 1. The van der Waals surface area contributed by atoms with Crippen molar-refractivity contribution in [3.8, 4) is 0 Å². The number of hydrogen-bond donors (Lipinski definition) is 1. The molecule has 1 aliphatic heterocycles. The van der Waals surface area contributed by atoms with E-state index in [2.05, 4.69) is 0 Å². The molecule has 1 saturated carbocycles. The SMILES string of the molecule is O=C1CCCCN1CC1CCC(O)CC1. The fourth-order valence-corrected chi connectivity index (χ4v) is 2.69. The van der Waals surface area contributed by atoms with Gasteiger partial charge in [-0.25, -0.2) is 0 Å². The minimum absolute atomic E-state index is 0.0849. The van der Waals surface area contributed by atoms with E-state index in [-0.39, 0.29) is 6.10 Å². The average molecular weight is 211 g/mol. The van der Waals surface area contributed by atoms with Gasteiger partial charge in [0.2, 0.25) is 5.91 Å². The van der Waals surface area contributed by atoms with Crippen molar-refractivity contribution >= 4 is 5.91 Å². The number of likely N-dealkylation sites (tertiary alicyclic amines) is 1. The lowest BCUT2D eigenvalue weighted by Crippen LogP contribution is -2.39. The summed E-state index contributed by atoms with van der Waals surface area (Å²) in [5, 5.41) is 9.40. The van der Waals surface area contributed by atoms with Crippen LogP contribution in [0.1, 0.15) is 44.9 Å². The molecule has 1 amide bonds. The molecular weight excluding hydrogens is 190 g/mol. The van der Waals surface area contributed by atoms with E-state index in [4.69, 9.17) is 0 Å². The molecule has 0 unspecified atom stereocenters. The number of amides is 1. The Kier molecular flexibility index (Phi) is 3.62. The third-order valence-corrected chi connectivity index (χ3v) is 3.72. The van der Waals surface area contributed by atoms with Gasteiger partial charge in [0.25, 0.3) is 0 Å². The van der Waals surface area contributed by atoms with Crippen molar-refractivity contribution in [2.45, 2.75) is 51.0 Å². The molecule has 0 aromatic rings. The summed E-state index contributed by atoms with van der Waals surface area (Å²) in [5.74, 6) is 0.975. The first kappa shape index (κ1) is 10.9. The van der Waals surface area contributed by atoms with Gasteiger partial charge in [0, 0.05) is 19.5 Å². The maximum Gasteiger partial charge on any atom is 0.222 e. The summed E-state index contributed by atoms with van der Waals surface area (Å²) in [6, 6.07) is 0. The topological polar surface area (TPSA) is 40.5 Å². The highest BCUT2D eigenvalue weighted by molar-refractivity contribution is 5.76. The van der Waals surface area contributed by atoms with Crippen LogP contribution in [-0.2, 0) is 4.79 Å². The number of carbonyl (C=O) groups excluding carboxylic acids is 1. The Balaban J connectivity index is 1.78. The molecular formula is C12H21NO2. The van der Waals surface area contributed by atoms with Gasteiger partial charge < -0.3 is 10.0 Å². The zero-order valence-electron chi connectivity index (χ0n) is 9.32. The molecule has 0 aromatic carbocycles. The molecule has 0 aromatic heterocycles. The molecule has 1 heterocycles. The summed E-state index contributed by atoms with van der Waals surface area (Å²) in [7, 11) is 0. The van der Waals surface area contributed by atoms with Crippen LogP contribution in [0.15, 0.2) is 0 Å². The summed E-state index contributed by atoms with van der Waals surface area (Å²) in [6.07, 6.45) is 6.92. The van der Waals surface area contributed by atoms with E-state index in [0.717, 1.165) is 51.6 Å². The van der Waals surface area contributed by atoms with Crippen LogP contribution in [0.3, 0.4) is 0 Å². The minimum Gasteiger partial charge on any atom is -0.393 e. The van der Waals surface area contributed by atoms with E-state index >= 15 is 0 Å². The molecule has 0 radical (unpaired) electrons. The average Bonchev–Trinajstić information content (AvgIpc) is 2.25. The zero-order valence-corrected chi connectivity index (χ0v) is 9.32. The van der Waals surface area contributed by atoms with Gasteiger partial charge >= 0.3 is 0 Å². The Morgan fingerprint density at radius 2 is 1.93 bits per heavy atom. The molecule has 0 spiro atoms. The number of nitrogens with zero attached hydrogens (tertiary/aromatic N) is 1. The smallest absolute Gasteiger partial charge is 0.222 e. The van der Waals surface area contributed by atoms with Gasteiger partial charge in [-0.1, -0.05) is 0 Å². The Labute approximate surface area is 91.5 Å². The van der Waals surface area contributed by atoms with Crippen LogP contribution in [0, 0.1) is 5.92 Å². The van der Waals surface area contributed by atoms with Gasteiger partial charge in [0.1, 0.15) is 0 Å². The normalized spacial score (nSPS) is 33.1. The van der Waals surface area contributed by atoms with Crippen molar-refractivity contribution in [3.05, 3.63) is 0 Å². The molecule has 2 aliphatic rings. The summed E-state index contributed by atoms with van der Waals surface area (Å²) in [5.41, 5.74) is 0. The van der Waals surface area contributed by atoms with Crippen LogP contribution in [0.25, 0.3) is 0 Å². The fourth-order valence-electron chi connectivity index (χ4n) is 2.69. The molecule has 0 bridgehead atoms. The van der Waals surface area contributed by atoms with Crippen LogP contribution in [0.4, 0.5) is 0 Å². The van der Waals surface area contributed by atoms with Crippen molar-refractivity contribution in [1.82, 2.24) is 4.90 Å². The number of rotatable bonds is 2. The van der Waals surface area contributed by atoms with Crippen LogP contribution in [0.2, 0.25) is 0 Å². The van der Waals surface area contributed by atoms with E-state index in [1.54, 1.807) is 0 Å². The molecule has 3 heteroatoms. The summed E-state index contributed by atoms with van der Waals surface area (Å²) in [6.45, 7) is 1.89. The first-order valence-corrected chi connectivity index (χ1v) is 6.21. The van der Waals surface area contributed by atoms with Crippen LogP contribution < -0.4 is 0 Å². The summed E-state index contributed by atoms with van der Waals surface area (Å²) < 4.78 is 0. The van der Waals surface area contributed by atoms with Crippen molar-refractivity contribution in [2.24, 2.45) is 5.92 Å². The largest absolute Gasteiger partial charge is 0.393 e. The van der Waals surface area contributed by atoms with Gasteiger partial charge in [-0.3, -0.25) is 4.79 Å². The lowest BCUT2D eigenvalue weighted by atomic mass is 9.87. The minimum atomic E-state index is -0.0849. The maximum absolute atomic E-state index is 11.6. The Bertz CT molecular complexity index is 222. The lowest BCUT2D eigenvalue weighted by molar-refractivity contribution is -0.134. The Morgan fingerprint density at radius 1 is 1.20 bits per heavy atom. The fraction of sp³-hybridized carbons (Fsp3) is 0.917. The maximum atomic E-state index is 11.6. The predicted octanol–water partition coefficient (Wildman–Crippen LogP) is 1.55. The van der Waals surface area contributed by atoms with Gasteiger partial charge in [0.05, 0.1) is 6.10 Å². The molecule has 3 nitrogen and oxygen atoms in total. The highest BCUT2D eigenvalue weighted by Crippen LogP contribution is 2.26. The van der Waals surface area contributed by atoms with Crippen molar-refractivity contribution < 1.29 is 9.90 Å².